The molecule has 1 aromatic carbocycles. The molecule has 0 spiro atoms. The van der Waals surface area contributed by atoms with Crippen LogP contribution in [0.4, 0.5) is 0 Å². The van der Waals surface area contributed by atoms with Crippen LogP contribution in [0, 0.1) is 19.8 Å². The van der Waals surface area contributed by atoms with Crippen LogP contribution in [-0.4, -0.2) is 44.8 Å². The van der Waals surface area contributed by atoms with Crippen molar-refractivity contribution in [3.63, 3.8) is 0 Å². The first-order chi connectivity index (χ1) is 12.4. The minimum absolute atomic E-state index is 0.0238. The summed E-state index contributed by atoms with van der Waals surface area (Å²) in [5.74, 6) is -1.08. The Morgan fingerprint density at radius 2 is 1.81 bits per heavy atom. The molecule has 1 amide bonds. The normalized spacial score (nSPS) is 15.3. The van der Waals surface area contributed by atoms with Gasteiger partial charge in [-0.3, -0.25) is 9.59 Å². The van der Waals surface area contributed by atoms with Gasteiger partial charge in [-0.25, -0.2) is 4.68 Å². The number of hydrogen-bond donors (Lipinski definition) is 1. The predicted molar refractivity (Wildman–Crippen MR) is 98.7 cm³/mol. The Bertz CT molecular complexity index is 821. The van der Waals surface area contributed by atoms with Crippen LogP contribution in [0.5, 0.6) is 0 Å². The van der Waals surface area contributed by atoms with E-state index >= 15 is 0 Å². The Labute approximate surface area is 157 Å². The summed E-state index contributed by atoms with van der Waals surface area (Å²) in [6.45, 7) is 4.85. The summed E-state index contributed by atoms with van der Waals surface area (Å²) in [5.41, 5.74) is 3.58. The van der Waals surface area contributed by atoms with E-state index < -0.39 is 5.97 Å². The minimum Gasteiger partial charge on any atom is -0.481 e. The Hall–Kier alpha value is -2.34. The van der Waals surface area contributed by atoms with Crippen LogP contribution < -0.4 is 0 Å². The van der Waals surface area contributed by atoms with Gasteiger partial charge in [-0.1, -0.05) is 11.6 Å². The average Bonchev–Trinajstić information content (AvgIpc) is 2.90. The molecular weight excluding hydrogens is 354 g/mol. The lowest BCUT2D eigenvalue weighted by molar-refractivity contribution is -0.145. The highest BCUT2D eigenvalue weighted by atomic mass is 35.5. The zero-order valence-corrected chi connectivity index (χ0v) is 15.7. The molecule has 6 nitrogen and oxygen atoms in total. The Balaban J connectivity index is 1.73. The van der Waals surface area contributed by atoms with E-state index in [1.807, 2.05) is 42.8 Å². The Morgan fingerprint density at radius 3 is 2.38 bits per heavy atom. The number of carbonyl (C=O) groups is 2. The molecule has 7 heteroatoms. The summed E-state index contributed by atoms with van der Waals surface area (Å²) in [4.78, 5) is 25.5. The summed E-state index contributed by atoms with van der Waals surface area (Å²) in [6, 6.07) is 7.41. The highest BCUT2D eigenvalue weighted by molar-refractivity contribution is 6.30. The maximum atomic E-state index is 12.7. The average molecular weight is 376 g/mol. The second-order valence-electron chi connectivity index (χ2n) is 6.71. The summed E-state index contributed by atoms with van der Waals surface area (Å²) in [6.07, 6.45) is 1.31. The zero-order valence-electron chi connectivity index (χ0n) is 14.9. The van der Waals surface area contributed by atoms with E-state index in [9.17, 15) is 9.59 Å². The fourth-order valence-electron chi connectivity index (χ4n) is 3.40. The third kappa shape index (κ3) is 3.75. The SMILES string of the molecule is Cc1nn(-c2ccc(Cl)cc2)c(C)c1CC(=O)N1CCC(C(=O)O)CC1. The van der Waals surface area contributed by atoms with Gasteiger partial charge in [0.15, 0.2) is 0 Å². The largest absolute Gasteiger partial charge is 0.481 e. The number of amides is 1. The Kier molecular flexibility index (Phi) is 5.32. The van der Waals surface area contributed by atoms with Gasteiger partial charge in [-0.15, -0.1) is 0 Å². The van der Waals surface area contributed by atoms with Gasteiger partial charge in [-0.05, 0) is 51.0 Å². The number of hydrogen-bond acceptors (Lipinski definition) is 3. The van der Waals surface area contributed by atoms with E-state index in [4.69, 9.17) is 16.7 Å². The van der Waals surface area contributed by atoms with Crippen molar-refractivity contribution in [2.45, 2.75) is 33.1 Å². The molecule has 0 bridgehead atoms. The van der Waals surface area contributed by atoms with Gasteiger partial charge in [0.25, 0.3) is 0 Å². The number of nitrogens with zero attached hydrogens (tertiary/aromatic N) is 3. The van der Waals surface area contributed by atoms with Crippen molar-refractivity contribution in [3.05, 3.63) is 46.2 Å². The molecule has 26 heavy (non-hydrogen) atoms. The maximum absolute atomic E-state index is 12.7. The number of aromatic nitrogens is 2. The molecule has 1 saturated heterocycles. The summed E-state index contributed by atoms with van der Waals surface area (Å²) >= 11 is 5.94. The van der Waals surface area contributed by atoms with Crippen molar-refractivity contribution in [1.82, 2.24) is 14.7 Å². The van der Waals surface area contributed by atoms with Gasteiger partial charge in [0, 0.05) is 29.4 Å². The molecular formula is C19H22ClN3O3. The third-order valence-corrected chi connectivity index (χ3v) is 5.29. The van der Waals surface area contributed by atoms with Crippen molar-refractivity contribution >= 4 is 23.5 Å². The molecule has 1 fully saturated rings. The van der Waals surface area contributed by atoms with E-state index in [0.29, 0.717) is 31.0 Å². The fourth-order valence-corrected chi connectivity index (χ4v) is 3.53. The highest BCUT2D eigenvalue weighted by Gasteiger charge is 2.28. The number of carbonyl (C=O) groups excluding carboxylic acids is 1. The van der Waals surface area contributed by atoms with Gasteiger partial charge in [0.2, 0.25) is 5.91 Å². The number of carboxylic acids is 1. The summed E-state index contributed by atoms with van der Waals surface area (Å²) in [7, 11) is 0. The molecule has 2 aromatic rings. The number of aliphatic carboxylic acids is 1. The predicted octanol–water partition coefficient (Wildman–Crippen LogP) is 3.01. The van der Waals surface area contributed by atoms with Gasteiger partial charge in [0.05, 0.1) is 23.7 Å². The number of aryl methyl sites for hydroxylation is 1. The van der Waals surface area contributed by atoms with Crippen LogP contribution in [0.2, 0.25) is 5.02 Å². The number of rotatable bonds is 4. The number of piperidine rings is 1. The second kappa shape index (κ2) is 7.50. The third-order valence-electron chi connectivity index (χ3n) is 5.04. The monoisotopic (exact) mass is 375 g/mol. The number of halogens is 1. The highest BCUT2D eigenvalue weighted by Crippen LogP contribution is 2.22. The fraction of sp³-hybridized carbons (Fsp3) is 0.421. The maximum Gasteiger partial charge on any atom is 0.306 e. The van der Waals surface area contributed by atoms with Gasteiger partial charge in [0.1, 0.15) is 0 Å². The minimum atomic E-state index is -0.770. The molecule has 1 aromatic heterocycles. The number of benzene rings is 1. The van der Waals surface area contributed by atoms with Crippen LogP contribution in [-0.2, 0) is 16.0 Å². The molecule has 0 aliphatic carbocycles. The van der Waals surface area contributed by atoms with Crippen molar-refractivity contribution < 1.29 is 14.7 Å². The Morgan fingerprint density at radius 1 is 1.19 bits per heavy atom. The lowest BCUT2D eigenvalue weighted by Gasteiger charge is -2.30. The first kappa shape index (κ1) is 18.5. The van der Waals surface area contributed by atoms with E-state index in [-0.39, 0.29) is 18.2 Å². The zero-order chi connectivity index (χ0) is 18.8. The van der Waals surface area contributed by atoms with E-state index in [1.165, 1.54) is 0 Å². The van der Waals surface area contributed by atoms with Gasteiger partial charge < -0.3 is 10.0 Å². The molecule has 138 valence electrons. The molecule has 0 saturated carbocycles. The molecule has 1 aliphatic rings. The van der Waals surface area contributed by atoms with Crippen molar-refractivity contribution in [1.29, 1.82) is 0 Å². The number of carboxylic acid groups (broad SMARTS) is 1. The first-order valence-electron chi connectivity index (χ1n) is 8.68. The van der Waals surface area contributed by atoms with Crippen molar-refractivity contribution in [3.8, 4) is 5.69 Å². The lowest BCUT2D eigenvalue weighted by atomic mass is 9.96. The van der Waals surface area contributed by atoms with Crippen molar-refractivity contribution in [2.24, 2.45) is 5.92 Å². The topological polar surface area (TPSA) is 75.4 Å². The smallest absolute Gasteiger partial charge is 0.306 e. The van der Waals surface area contributed by atoms with E-state index in [1.54, 1.807) is 4.90 Å². The van der Waals surface area contributed by atoms with Crippen LogP contribution >= 0.6 is 11.6 Å². The molecule has 0 unspecified atom stereocenters. The molecule has 3 rings (SSSR count). The van der Waals surface area contributed by atoms with Gasteiger partial charge >= 0.3 is 5.97 Å². The van der Waals surface area contributed by atoms with Crippen LogP contribution in [0.25, 0.3) is 5.69 Å². The molecule has 1 N–H and O–H groups in total. The van der Waals surface area contributed by atoms with Crippen molar-refractivity contribution in [2.75, 3.05) is 13.1 Å². The standard InChI is InChI=1S/C19H22ClN3O3/c1-12-17(11-18(24)22-9-7-14(8-10-22)19(25)26)13(2)23(21-12)16-5-3-15(20)4-6-16/h3-6,14H,7-11H2,1-2H3,(H,25,26). The van der Waals surface area contributed by atoms with E-state index in [2.05, 4.69) is 5.10 Å². The van der Waals surface area contributed by atoms with Crippen LogP contribution in [0.15, 0.2) is 24.3 Å². The molecule has 2 heterocycles. The molecule has 1 aliphatic heterocycles. The molecule has 0 atom stereocenters. The molecule has 0 radical (unpaired) electrons. The van der Waals surface area contributed by atoms with Gasteiger partial charge in [-0.2, -0.15) is 5.10 Å². The summed E-state index contributed by atoms with van der Waals surface area (Å²) < 4.78 is 1.82. The second-order valence-corrected chi connectivity index (χ2v) is 7.14. The lowest BCUT2D eigenvalue weighted by Crippen LogP contribution is -2.41. The van der Waals surface area contributed by atoms with E-state index in [0.717, 1.165) is 22.6 Å². The quantitative estimate of drug-likeness (QED) is 0.891. The number of likely N-dealkylation sites (tertiary alicyclic amines) is 1. The van der Waals surface area contributed by atoms with Crippen LogP contribution in [0.1, 0.15) is 29.8 Å². The summed E-state index contributed by atoms with van der Waals surface area (Å²) in [5, 5.41) is 14.3. The van der Waals surface area contributed by atoms with Crippen LogP contribution in [0.3, 0.4) is 0 Å². The first-order valence-corrected chi connectivity index (χ1v) is 9.06.